The van der Waals surface area contributed by atoms with Crippen LogP contribution in [0, 0.1) is 6.92 Å². The van der Waals surface area contributed by atoms with Crippen LogP contribution in [0.5, 0.6) is 17.2 Å². The van der Waals surface area contributed by atoms with Crippen molar-refractivity contribution in [3.05, 3.63) is 53.9 Å². The second-order valence-electron chi connectivity index (χ2n) is 7.04. The van der Waals surface area contributed by atoms with Gasteiger partial charge in [-0.25, -0.2) is 0 Å². The van der Waals surface area contributed by atoms with E-state index in [1.807, 2.05) is 67.8 Å². The van der Waals surface area contributed by atoms with Crippen LogP contribution < -0.4 is 19.5 Å². The van der Waals surface area contributed by atoms with Crippen molar-refractivity contribution in [2.24, 2.45) is 0 Å². The number of rotatable bonds is 10. The summed E-state index contributed by atoms with van der Waals surface area (Å²) in [7, 11) is 3.18. The number of carbonyl (C=O) groups is 1. The lowest BCUT2D eigenvalue weighted by Gasteiger charge is -2.17. The molecule has 0 spiro atoms. The Morgan fingerprint density at radius 1 is 1.09 bits per heavy atom. The molecule has 0 aliphatic rings. The van der Waals surface area contributed by atoms with Crippen molar-refractivity contribution < 1.29 is 19.0 Å². The molecule has 0 aliphatic carbocycles. The van der Waals surface area contributed by atoms with Gasteiger partial charge in [0.1, 0.15) is 5.75 Å². The highest BCUT2D eigenvalue weighted by molar-refractivity contribution is 7.99. The Morgan fingerprint density at radius 3 is 2.50 bits per heavy atom. The third-order valence-electron chi connectivity index (χ3n) is 4.76. The molecule has 1 atom stereocenters. The van der Waals surface area contributed by atoms with E-state index in [4.69, 9.17) is 14.2 Å². The fourth-order valence-electron chi connectivity index (χ4n) is 3.20. The predicted octanol–water partition coefficient (Wildman–Crippen LogP) is 4.49. The van der Waals surface area contributed by atoms with Gasteiger partial charge < -0.3 is 24.1 Å². The summed E-state index contributed by atoms with van der Waals surface area (Å²) in [5, 5.41) is 12.2. The van der Waals surface area contributed by atoms with Crippen molar-refractivity contribution in [2.75, 3.05) is 25.3 Å². The fourth-order valence-corrected chi connectivity index (χ4v) is 4.01. The summed E-state index contributed by atoms with van der Waals surface area (Å²) in [6.45, 7) is 6.53. The van der Waals surface area contributed by atoms with Crippen LogP contribution in [-0.4, -0.2) is 40.6 Å². The van der Waals surface area contributed by atoms with Crippen molar-refractivity contribution in [2.45, 2.75) is 38.6 Å². The summed E-state index contributed by atoms with van der Waals surface area (Å²) in [5.41, 5.74) is 1.68. The molecular weight excluding hydrogens is 428 g/mol. The first kappa shape index (κ1) is 23.5. The number of ether oxygens (including phenoxy) is 3. The van der Waals surface area contributed by atoms with E-state index in [0.29, 0.717) is 40.5 Å². The van der Waals surface area contributed by atoms with Crippen LogP contribution in [0.4, 0.5) is 5.69 Å². The quantitative estimate of drug-likeness (QED) is 0.450. The summed E-state index contributed by atoms with van der Waals surface area (Å²) in [6, 6.07) is 13.1. The first-order chi connectivity index (χ1) is 15.5. The molecule has 8 nitrogen and oxygen atoms in total. The average molecular weight is 457 g/mol. The number of nitrogens with one attached hydrogen (secondary N) is 1. The van der Waals surface area contributed by atoms with Crippen LogP contribution in [0.15, 0.2) is 47.6 Å². The van der Waals surface area contributed by atoms with Gasteiger partial charge in [-0.15, -0.1) is 10.2 Å². The minimum atomic E-state index is -0.349. The van der Waals surface area contributed by atoms with Gasteiger partial charge in [-0.05, 0) is 50.6 Å². The number of amides is 1. The van der Waals surface area contributed by atoms with Crippen LogP contribution in [0.25, 0.3) is 0 Å². The lowest BCUT2D eigenvalue weighted by molar-refractivity contribution is -0.113. The van der Waals surface area contributed by atoms with Gasteiger partial charge in [-0.1, -0.05) is 30.0 Å². The maximum atomic E-state index is 12.5. The number of thioether (sulfide) groups is 1. The minimum Gasteiger partial charge on any atom is -0.495 e. The molecule has 1 unspecified atom stereocenters. The zero-order valence-electron chi connectivity index (χ0n) is 18.9. The van der Waals surface area contributed by atoms with Gasteiger partial charge in [0.15, 0.2) is 28.6 Å². The molecule has 1 aromatic heterocycles. The number of methoxy groups -OCH3 is 2. The summed E-state index contributed by atoms with van der Waals surface area (Å²) in [6.07, 6.45) is -0.349. The molecule has 1 amide bonds. The van der Waals surface area contributed by atoms with E-state index >= 15 is 0 Å². The number of para-hydroxylation sites is 2. The second-order valence-corrected chi connectivity index (χ2v) is 7.98. The molecule has 0 saturated heterocycles. The maximum Gasteiger partial charge on any atom is 0.234 e. The zero-order valence-corrected chi connectivity index (χ0v) is 19.7. The standard InChI is InChI=1S/C23H28N4O4S/c1-6-27-22(16(3)31-20-10-8-7-9-19(20)30-5)25-26-23(27)32-14-21(28)24-17-13-15(2)11-12-18(17)29-4/h7-13,16H,6,14H2,1-5H3,(H,24,28). The van der Waals surface area contributed by atoms with Gasteiger partial charge in [-0.2, -0.15) is 0 Å². The van der Waals surface area contributed by atoms with Crippen LogP contribution >= 0.6 is 11.8 Å². The lowest BCUT2D eigenvalue weighted by atomic mass is 10.2. The van der Waals surface area contributed by atoms with Gasteiger partial charge in [0.05, 0.1) is 25.7 Å². The average Bonchev–Trinajstić information content (AvgIpc) is 3.21. The molecule has 3 aromatic rings. The van der Waals surface area contributed by atoms with E-state index in [2.05, 4.69) is 15.5 Å². The molecule has 3 rings (SSSR count). The molecule has 9 heteroatoms. The van der Waals surface area contributed by atoms with Crippen LogP contribution in [0.2, 0.25) is 0 Å². The second kappa shape index (κ2) is 10.9. The van der Waals surface area contributed by atoms with Crippen LogP contribution in [-0.2, 0) is 11.3 Å². The summed E-state index contributed by atoms with van der Waals surface area (Å²) < 4.78 is 18.7. The number of hydrogen-bond acceptors (Lipinski definition) is 7. The van der Waals surface area contributed by atoms with Crippen molar-refractivity contribution in [1.29, 1.82) is 0 Å². The van der Waals surface area contributed by atoms with E-state index < -0.39 is 0 Å². The Labute approximate surface area is 192 Å². The van der Waals surface area contributed by atoms with E-state index in [-0.39, 0.29) is 17.8 Å². The zero-order chi connectivity index (χ0) is 23.1. The Kier molecular flexibility index (Phi) is 7.99. The predicted molar refractivity (Wildman–Crippen MR) is 125 cm³/mol. The number of nitrogens with zero attached hydrogens (tertiary/aromatic N) is 3. The first-order valence-corrected chi connectivity index (χ1v) is 11.2. The number of hydrogen-bond donors (Lipinski definition) is 1. The molecule has 0 aliphatic heterocycles. The van der Waals surface area contributed by atoms with Gasteiger partial charge in [0.25, 0.3) is 0 Å². The largest absolute Gasteiger partial charge is 0.495 e. The Balaban J connectivity index is 1.67. The number of benzene rings is 2. The lowest BCUT2D eigenvalue weighted by Crippen LogP contribution is -2.16. The number of carbonyl (C=O) groups excluding carboxylic acids is 1. The van der Waals surface area contributed by atoms with E-state index in [1.165, 1.54) is 11.8 Å². The molecule has 170 valence electrons. The highest BCUT2D eigenvalue weighted by Crippen LogP contribution is 2.31. The first-order valence-electron chi connectivity index (χ1n) is 10.3. The van der Waals surface area contributed by atoms with Crippen molar-refractivity contribution >= 4 is 23.4 Å². The van der Waals surface area contributed by atoms with E-state index in [1.54, 1.807) is 14.2 Å². The summed E-state index contributed by atoms with van der Waals surface area (Å²) in [4.78, 5) is 12.5. The Bertz CT molecular complexity index is 1070. The third-order valence-corrected chi connectivity index (χ3v) is 5.73. The van der Waals surface area contributed by atoms with Gasteiger partial charge in [0, 0.05) is 6.54 Å². The monoisotopic (exact) mass is 456 g/mol. The van der Waals surface area contributed by atoms with E-state index in [0.717, 1.165) is 5.56 Å². The smallest absolute Gasteiger partial charge is 0.234 e. The SMILES string of the molecule is CCn1c(SCC(=O)Nc2cc(C)ccc2OC)nnc1C(C)Oc1ccccc1OC. The molecule has 0 bridgehead atoms. The molecule has 0 fully saturated rings. The Hall–Kier alpha value is -3.20. The molecule has 0 saturated carbocycles. The number of aromatic nitrogens is 3. The third kappa shape index (κ3) is 5.53. The van der Waals surface area contributed by atoms with E-state index in [9.17, 15) is 4.79 Å². The summed E-state index contributed by atoms with van der Waals surface area (Å²) in [5.74, 6) is 2.63. The number of aryl methyl sites for hydroxylation is 1. The van der Waals surface area contributed by atoms with Crippen LogP contribution in [0.1, 0.15) is 31.3 Å². The molecule has 2 aromatic carbocycles. The molecule has 32 heavy (non-hydrogen) atoms. The highest BCUT2D eigenvalue weighted by Gasteiger charge is 2.20. The topological polar surface area (TPSA) is 87.5 Å². The van der Waals surface area contributed by atoms with Crippen LogP contribution in [0.3, 0.4) is 0 Å². The van der Waals surface area contributed by atoms with Crippen molar-refractivity contribution in [3.63, 3.8) is 0 Å². The minimum absolute atomic E-state index is 0.149. The normalized spacial score (nSPS) is 11.7. The number of anilines is 1. The van der Waals surface area contributed by atoms with Gasteiger partial charge in [-0.3, -0.25) is 4.79 Å². The molecule has 1 heterocycles. The van der Waals surface area contributed by atoms with Gasteiger partial charge in [0.2, 0.25) is 5.91 Å². The molecule has 0 radical (unpaired) electrons. The maximum absolute atomic E-state index is 12.5. The highest BCUT2D eigenvalue weighted by atomic mass is 32.2. The van der Waals surface area contributed by atoms with Gasteiger partial charge >= 0.3 is 0 Å². The Morgan fingerprint density at radius 2 is 1.81 bits per heavy atom. The van der Waals surface area contributed by atoms with Crippen molar-refractivity contribution in [1.82, 2.24) is 14.8 Å². The fraction of sp³-hybridized carbons (Fsp3) is 0.348. The summed E-state index contributed by atoms with van der Waals surface area (Å²) >= 11 is 1.33. The molecular formula is C23H28N4O4S. The molecule has 1 N–H and O–H groups in total. The van der Waals surface area contributed by atoms with Crippen molar-refractivity contribution in [3.8, 4) is 17.2 Å².